The number of hydrogen-bond donors (Lipinski definition) is 2. The maximum Gasteiger partial charge on any atom is 0.280 e. The molecule has 0 saturated heterocycles. The highest BCUT2D eigenvalue weighted by atomic mass is 19.1. The lowest BCUT2D eigenvalue weighted by molar-refractivity contribution is 0.627. The fourth-order valence-electron chi connectivity index (χ4n) is 1.76. The molecule has 3 N–H and O–H groups in total. The molecule has 2 rings (SSSR count). The molecule has 0 unspecified atom stereocenters. The average molecular weight is 247 g/mol. The molecule has 0 aliphatic heterocycles. The number of nitrogens with zero attached hydrogens (tertiary/aromatic N) is 1. The third-order valence-electron chi connectivity index (χ3n) is 2.62. The van der Waals surface area contributed by atoms with E-state index in [1.165, 1.54) is 35.1 Å². The molecule has 0 spiro atoms. The molecule has 1 heterocycles. The van der Waals surface area contributed by atoms with Crippen molar-refractivity contribution in [2.75, 3.05) is 0 Å². The zero-order valence-electron chi connectivity index (χ0n) is 9.98. The molecular weight excluding hydrogens is 233 g/mol. The van der Waals surface area contributed by atoms with E-state index < -0.39 is 0 Å². The summed E-state index contributed by atoms with van der Waals surface area (Å²) in [5.74, 6) is -0.343. The van der Waals surface area contributed by atoms with Crippen LogP contribution in [0.5, 0.6) is 0 Å². The molecular formula is C13H14FN3O. The van der Waals surface area contributed by atoms with Crippen LogP contribution in [0, 0.1) is 5.82 Å². The van der Waals surface area contributed by atoms with E-state index in [4.69, 9.17) is 5.73 Å². The fourth-order valence-corrected chi connectivity index (χ4v) is 1.76. The Hall–Kier alpha value is -2.30. The monoisotopic (exact) mass is 247 g/mol. The molecule has 0 atom stereocenters. The van der Waals surface area contributed by atoms with Crippen LogP contribution < -0.4 is 21.9 Å². The Morgan fingerprint density at radius 1 is 1.39 bits per heavy atom. The van der Waals surface area contributed by atoms with Gasteiger partial charge in [0.1, 0.15) is 5.82 Å². The minimum Gasteiger partial charge on any atom is -0.404 e. The Morgan fingerprint density at radius 3 is 2.61 bits per heavy atom. The van der Waals surface area contributed by atoms with Crippen LogP contribution in [-0.4, -0.2) is 9.78 Å². The number of hydrogen-bond acceptors (Lipinski definition) is 2. The summed E-state index contributed by atoms with van der Waals surface area (Å²) >= 11 is 0. The van der Waals surface area contributed by atoms with Crippen molar-refractivity contribution in [1.82, 2.24) is 9.78 Å². The Balaban J connectivity index is 2.71. The van der Waals surface area contributed by atoms with Crippen molar-refractivity contribution < 1.29 is 4.39 Å². The molecule has 0 aliphatic carbocycles. The molecule has 1 aromatic heterocycles. The Labute approximate surface area is 103 Å². The lowest BCUT2D eigenvalue weighted by atomic mass is 10.3. The van der Waals surface area contributed by atoms with Gasteiger partial charge in [-0.15, -0.1) is 0 Å². The predicted molar refractivity (Wildman–Crippen MR) is 69.0 cm³/mol. The van der Waals surface area contributed by atoms with Gasteiger partial charge in [0.15, 0.2) is 0 Å². The standard InChI is InChI=1S/C13H14FN3O/c1-2-3-12-11(8-15)13(18)17(16-12)10-6-4-9(14)5-7-10/h3-8,16H,2,15H2,1H3. The zero-order valence-corrected chi connectivity index (χ0v) is 9.98. The van der Waals surface area contributed by atoms with Gasteiger partial charge < -0.3 is 5.73 Å². The van der Waals surface area contributed by atoms with Crippen molar-refractivity contribution in [1.29, 1.82) is 0 Å². The first-order valence-electron chi connectivity index (χ1n) is 5.66. The van der Waals surface area contributed by atoms with E-state index in [2.05, 4.69) is 5.10 Å². The van der Waals surface area contributed by atoms with Gasteiger partial charge in [0.2, 0.25) is 0 Å². The second-order valence-electron chi connectivity index (χ2n) is 3.84. The van der Waals surface area contributed by atoms with E-state index in [1.54, 1.807) is 0 Å². The topological polar surface area (TPSA) is 63.8 Å². The minimum absolute atomic E-state index is 0.246. The summed E-state index contributed by atoms with van der Waals surface area (Å²) in [4.78, 5) is 12.1. The van der Waals surface area contributed by atoms with Crippen LogP contribution in [0.1, 0.15) is 13.3 Å². The summed E-state index contributed by atoms with van der Waals surface area (Å²) in [5.41, 5.74) is 5.78. The summed E-state index contributed by atoms with van der Waals surface area (Å²) < 4.78 is 14.2. The molecule has 0 aliphatic rings. The van der Waals surface area contributed by atoms with E-state index in [0.717, 1.165) is 6.42 Å². The van der Waals surface area contributed by atoms with Crippen molar-refractivity contribution >= 4 is 12.3 Å². The van der Waals surface area contributed by atoms with E-state index in [0.29, 0.717) is 16.3 Å². The first-order valence-corrected chi connectivity index (χ1v) is 5.66. The number of aromatic nitrogens is 2. The summed E-state index contributed by atoms with van der Waals surface area (Å²) in [6.07, 6.45) is 3.94. The lowest BCUT2D eigenvalue weighted by Gasteiger charge is -1.99. The fraction of sp³-hybridized carbons (Fsp3) is 0.154. The number of nitrogens with two attached hydrogens (primary N) is 1. The van der Waals surface area contributed by atoms with Crippen LogP contribution in [0.3, 0.4) is 0 Å². The van der Waals surface area contributed by atoms with Gasteiger partial charge in [0.25, 0.3) is 5.56 Å². The van der Waals surface area contributed by atoms with E-state index in [-0.39, 0.29) is 11.4 Å². The molecule has 5 heteroatoms. The van der Waals surface area contributed by atoms with Gasteiger partial charge in [-0.3, -0.25) is 9.89 Å². The van der Waals surface area contributed by atoms with Crippen LogP contribution in [0.4, 0.5) is 4.39 Å². The molecule has 0 fully saturated rings. The highest BCUT2D eigenvalue weighted by Crippen LogP contribution is 2.03. The number of aromatic amines is 1. The molecule has 18 heavy (non-hydrogen) atoms. The van der Waals surface area contributed by atoms with Crippen LogP contribution in [-0.2, 0) is 0 Å². The van der Waals surface area contributed by atoms with Crippen LogP contribution in [0.2, 0.25) is 0 Å². The zero-order chi connectivity index (χ0) is 13.1. The SMILES string of the molecule is CCC=c1[nH]n(-c2ccc(F)cc2)c(=O)c1=CN. The maximum atomic E-state index is 12.8. The average Bonchev–Trinajstić information content (AvgIpc) is 2.67. The van der Waals surface area contributed by atoms with Crippen molar-refractivity contribution in [3.8, 4) is 5.69 Å². The van der Waals surface area contributed by atoms with Crippen LogP contribution >= 0.6 is 0 Å². The van der Waals surface area contributed by atoms with Crippen LogP contribution in [0.25, 0.3) is 18.0 Å². The number of H-pyrrole nitrogens is 1. The summed E-state index contributed by atoms with van der Waals surface area (Å²) in [7, 11) is 0. The van der Waals surface area contributed by atoms with E-state index in [1.807, 2.05) is 13.0 Å². The Kier molecular flexibility index (Phi) is 3.32. The quantitative estimate of drug-likeness (QED) is 0.796. The van der Waals surface area contributed by atoms with E-state index in [9.17, 15) is 9.18 Å². The third kappa shape index (κ3) is 2.07. The predicted octanol–water partition coefficient (Wildman–Crippen LogP) is 0.192. The van der Waals surface area contributed by atoms with Gasteiger partial charge >= 0.3 is 0 Å². The smallest absolute Gasteiger partial charge is 0.280 e. The largest absolute Gasteiger partial charge is 0.404 e. The van der Waals surface area contributed by atoms with Gasteiger partial charge in [0.05, 0.1) is 16.3 Å². The summed E-state index contributed by atoms with van der Waals surface area (Å²) in [6.45, 7) is 1.97. The van der Waals surface area contributed by atoms with Crippen molar-refractivity contribution in [2.24, 2.45) is 5.73 Å². The van der Waals surface area contributed by atoms with Crippen molar-refractivity contribution in [3.05, 3.63) is 51.0 Å². The summed E-state index contributed by atoms with van der Waals surface area (Å²) in [5, 5.41) is 4.05. The second kappa shape index (κ2) is 4.91. The number of rotatable bonds is 2. The minimum atomic E-state index is -0.343. The van der Waals surface area contributed by atoms with Crippen molar-refractivity contribution in [3.63, 3.8) is 0 Å². The summed E-state index contributed by atoms with van der Waals surface area (Å²) in [6, 6.07) is 5.67. The van der Waals surface area contributed by atoms with Gasteiger partial charge in [-0.25, -0.2) is 9.07 Å². The molecule has 1 aromatic carbocycles. The van der Waals surface area contributed by atoms with Crippen molar-refractivity contribution in [2.45, 2.75) is 13.3 Å². The Bertz CT molecular complexity index is 710. The Morgan fingerprint density at radius 2 is 2.06 bits per heavy atom. The number of halogens is 1. The van der Waals surface area contributed by atoms with Gasteiger partial charge in [-0.2, -0.15) is 0 Å². The van der Waals surface area contributed by atoms with Gasteiger partial charge in [0, 0.05) is 6.20 Å². The first-order chi connectivity index (χ1) is 8.67. The molecule has 94 valence electrons. The number of nitrogens with one attached hydrogen (secondary N) is 1. The molecule has 0 amide bonds. The molecule has 0 bridgehead atoms. The highest BCUT2D eigenvalue weighted by molar-refractivity contribution is 5.33. The van der Waals surface area contributed by atoms with E-state index >= 15 is 0 Å². The molecule has 0 saturated carbocycles. The van der Waals surface area contributed by atoms with Gasteiger partial charge in [-0.05, 0) is 30.7 Å². The molecule has 0 radical (unpaired) electrons. The van der Waals surface area contributed by atoms with Gasteiger partial charge in [-0.1, -0.05) is 13.0 Å². The third-order valence-corrected chi connectivity index (χ3v) is 2.62. The molecule has 4 nitrogen and oxygen atoms in total. The first kappa shape index (κ1) is 12.2. The lowest BCUT2D eigenvalue weighted by Crippen LogP contribution is -2.35. The number of benzene rings is 1. The normalized spacial score (nSPS) is 13.2. The molecule has 2 aromatic rings. The highest BCUT2D eigenvalue weighted by Gasteiger charge is 2.04. The van der Waals surface area contributed by atoms with Crippen LogP contribution in [0.15, 0.2) is 29.1 Å². The maximum absolute atomic E-state index is 12.8. The second-order valence-corrected chi connectivity index (χ2v) is 3.84.